The van der Waals surface area contributed by atoms with Crippen LogP contribution >= 0.6 is 0 Å². The number of amides is 1. The SMILES string of the molecule is COc1cc(CN2CCCC3(CCN(C(=O)c4cc(F)c(F)cc4F)C3)C2)cc(OC)c1OC. The largest absolute Gasteiger partial charge is 0.493 e. The third-order valence-electron chi connectivity index (χ3n) is 6.84. The molecule has 1 spiro atoms. The Hall–Kier alpha value is -2.94. The summed E-state index contributed by atoms with van der Waals surface area (Å²) in [6.45, 7) is 3.26. The van der Waals surface area contributed by atoms with Crippen LogP contribution in [0.3, 0.4) is 0 Å². The molecule has 0 radical (unpaired) electrons. The molecule has 0 aromatic heterocycles. The molecule has 6 nitrogen and oxygen atoms in total. The van der Waals surface area contributed by atoms with E-state index in [2.05, 4.69) is 4.90 Å². The van der Waals surface area contributed by atoms with Crippen LogP contribution in [0.1, 0.15) is 35.2 Å². The van der Waals surface area contributed by atoms with Crippen LogP contribution in [-0.4, -0.2) is 63.2 Å². The Kier molecular flexibility index (Phi) is 6.93. The zero-order chi connectivity index (χ0) is 24.5. The number of piperidine rings is 1. The summed E-state index contributed by atoms with van der Waals surface area (Å²) < 4.78 is 57.4. The van der Waals surface area contributed by atoms with E-state index in [0.29, 0.717) is 49.0 Å². The van der Waals surface area contributed by atoms with Gasteiger partial charge in [-0.25, -0.2) is 13.2 Å². The Bertz CT molecular complexity index is 1060. The predicted octanol–water partition coefficient (Wildman–Crippen LogP) is 4.26. The van der Waals surface area contributed by atoms with Crippen molar-refractivity contribution in [1.29, 1.82) is 0 Å². The third kappa shape index (κ3) is 4.66. The van der Waals surface area contributed by atoms with E-state index in [4.69, 9.17) is 14.2 Å². The number of benzene rings is 2. The molecular weight excluding hydrogens is 449 g/mol. The van der Waals surface area contributed by atoms with Crippen molar-refractivity contribution < 1.29 is 32.2 Å². The fourth-order valence-corrected chi connectivity index (χ4v) is 5.23. The lowest BCUT2D eigenvalue weighted by Crippen LogP contribution is -2.45. The monoisotopic (exact) mass is 478 g/mol. The average molecular weight is 479 g/mol. The zero-order valence-electron chi connectivity index (χ0n) is 19.6. The van der Waals surface area contributed by atoms with Crippen molar-refractivity contribution in [2.45, 2.75) is 25.8 Å². The van der Waals surface area contributed by atoms with Crippen molar-refractivity contribution >= 4 is 5.91 Å². The molecule has 0 aliphatic carbocycles. The van der Waals surface area contributed by atoms with E-state index in [1.54, 1.807) is 26.2 Å². The van der Waals surface area contributed by atoms with Gasteiger partial charge in [-0.05, 0) is 49.6 Å². The van der Waals surface area contributed by atoms with Crippen LogP contribution in [0.25, 0.3) is 0 Å². The van der Waals surface area contributed by atoms with Crippen LogP contribution in [0.15, 0.2) is 24.3 Å². The summed E-state index contributed by atoms with van der Waals surface area (Å²) in [4.78, 5) is 16.8. The highest BCUT2D eigenvalue weighted by molar-refractivity contribution is 5.94. The van der Waals surface area contributed by atoms with E-state index in [0.717, 1.165) is 37.9 Å². The quantitative estimate of drug-likeness (QED) is 0.581. The van der Waals surface area contributed by atoms with Crippen molar-refractivity contribution in [3.8, 4) is 17.2 Å². The van der Waals surface area contributed by atoms with E-state index in [1.807, 2.05) is 12.1 Å². The van der Waals surface area contributed by atoms with Gasteiger partial charge in [0.2, 0.25) is 5.75 Å². The highest BCUT2D eigenvalue weighted by Crippen LogP contribution is 2.42. The van der Waals surface area contributed by atoms with Gasteiger partial charge in [-0.3, -0.25) is 9.69 Å². The molecule has 1 unspecified atom stereocenters. The first-order valence-electron chi connectivity index (χ1n) is 11.2. The second-order valence-electron chi connectivity index (χ2n) is 9.07. The fourth-order valence-electron chi connectivity index (χ4n) is 5.23. The van der Waals surface area contributed by atoms with Gasteiger partial charge in [0.25, 0.3) is 5.91 Å². The van der Waals surface area contributed by atoms with Crippen LogP contribution in [0.4, 0.5) is 13.2 Å². The maximum absolute atomic E-state index is 14.2. The fraction of sp³-hybridized carbons (Fsp3) is 0.480. The minimum atomic E-state index is -1.30. The molecule has 1 amide bonds. The van der Waals surface area contributed by atoms with Gasteiger partial charge in [-0.15, -0.1) is 0 Å². The summed E-state index contributed by atoms with van der Waals surface area (Å²) in [6, 6.07) is 4.93. The zero-order valence-corrected chi connectivity index (χ0v) is 19.6. The highest BCUT2D eigenvalue weighted by atomic mass is 19.2. The standard InChI is InChI=1S/C25H29F3N2O4/c1-32-21-9-16(10-22(33-2)23(21)34-3)13-29-7-4-5-25(14-29)6-8-30(15-25)24(31)17-11-19(27)20(28)12-18(17)26/h9-12H,4-8,13-15H2,1-3H3. The molecular formula is C25H29F3N2O4. The number of likely N-dealkylation sites (tertiary alicyclic amines) is 2. The van der Waals surface area contributed by atoms with E-state index in [9.17, 15) is 18.0 Å². The normalized spacial score (nSPS) is 20.6. The molecule has 2 heterocycles. The van der Waals surface area contributed by atoms with Gasteiger partial charge in [0.1, 0.15) is 5.82 Å². The number of nitrogens with zero attached hydrogens (tertiary/aromatic N) is 2. The van der Waals surface area contributed by atoms with Crippen LogP contribution < -0.4 is 14.2 Å². The van der Waals surface area contributed by atoms with E-state index in [1.165, 1.54) is 0 Å². The highest BCUT2D eigenvalue weighted by Gasteiger charge is 2.43. The summed E-state index contributed by atoms with van der Waals surface area (Å²) in [6.07, 6.45) is 2.69. The van der Waals surface area contributed by atoms with Crippen LogP contribution in [-0.2, 0) is 6.54 Å². The minimum Gasteiger partial charge on any atom is -0.493 e. The Balaban J connectivity index is 1.47. The molecule has 0 saturated carbocycles. The Morgan fingerprint density at radius 1 is 0.882 bits per heavy atom. The first kappa shape index (κ1) is 24.2. The number of halogens is 3. The van der Waals surface area contributed by atoms with Gasteiger partial charge in [0.05, 0.1) is 26.9 Å². The molecule has 2 fully saturated rings. The number of methoxy groups -OCH3 is 3. The Morgan fingerprint density at radius 3 is 2.21 bits per heavy atom. The van der Waals surface area contributed by atoms with Crippen LogP contribution in [0.2, 0.25) is 0 Å². The van der Waals surface area contributed by atoms with Gasteiger partial charge in [-0.1, -0.05) is 0 Å². The minimum absolute atomic E-state index is 0.121. The summed E-state index contributed by atoms with van der Waals surface area (Å²) in [5.74, 6) is -2.45. The molecule has 2 aliphatic rings. The van der Waals surface area contributed by atoms with Gasteiger partial charge in [0, 0.05) is 37.7 Å². The lowest BCUT2D eigenvalue weighted by molar-refractivity contribution is 0.0671. The number of carbonyl (C=O) groups is 1. The Labute approximate surface area is 197 Å². The first-order chi connectivity index (χ1) is 16.3. The molecule has 4 rings (SSSR count). The molecule has 0 bridgehead atoms. The number of ether oxygens (including phenoxy) is 3. The predicted molar refractivity (Wildman–Crippen MR) is 120 cm³/mol. The molecule has 34 heavy (non-hydrogen) atoms. The van der Waals surface area contributed by atoms with Crippen molar-refractivity contribution in [2.24, 2.45) is 5.41 Å². The maximum Gasteiger partial charge on any atom is 0.256 e. The van der Waals surface area contributed by atoms with Crippen molar-refractivity contribution in [3.05, 3.63) is 52.8 Å². The lowest BCUT2D eigenvalue weighted by atomic mass is 9.79. The van der Waals surface area contributed by atoms with Crippen molar-refractivity contribution in [2.75, 3.05) is 47.5 Å². The first-order valence-corrected chi connectivity index (χ1v) is 11.2. The second-order valence-corrected chi connectivity index (χ2v) is 9.07. The maximum atomic E-state index is 14.2. The number of hydrogen-bond donors (Lipinski definition) is 0. The molecule has 2 aliphatic heterocycles. The number of hydrogen-bond acceptors (Lipinski definition) is 5. The van der Waals surface area contributed by atoms with Gasteiger partial charge in [-0.2, -0.15) is 0 Å². The molecule has 2 aromatic carbocycles. The van der Waals surface area contributed by atoms with Crippen LogP contribution in [0, 0.1) is 22.9 Å². The summed E-state index contributed by atoms with van der Waals surface area (Å²) in [5.41, 5.74) is 0.464. The van der Waals surface area contributed by atoms with Crippen molar-refractivity contribution in [1.82, 2.24) is 9.80 Å². The van der Waals surface area contributed by atoms with Gasteiger partial charge < -0.3 is 19.1 Å². The second kappa shape index (κ2) is 9.74. The summed E-state index contributed by atoms with van der Waals surface area (Å²) >= 11 is 0. The smallest absolute Gasteiger partial charge is 0.256 e. The summed E-state index contributed by atoms with van der Waals surface area (Å²) in [7, 11) is 4.72. The molecule has 2 saturated heterocycles. The Morgan fingerprint density at radius 2 is 1.56 bits per heavy atom. The topological polar surface area (TPSA) is 51.2 Å². The lowest BCUT2D eigenvalue weighted by Gasteiger charge is -2.40. The molecule has 2 aromatic rings. The van der Waals surface area contributed by atoms with Crippen LogP contribution in [0.5, 0.6) is 17.2 Å². The molecule has 0 N–H and O–H groups in total. The third-order valence-corrected chi connectivity index (χ3v) is 6.84. The van der Waals surface area contributed by atoms with E-state index >= 15 is 0 Å². The average Bonchev–Trinajstić information content (AvgIpc) is 3.23. The van der Waals surface area contributed by atoms with Gasteiger partial charge >= 0.3 is 0 Å². The molecule has 184 valence electrons. The number of rotatable bonds is 6. The van der Waals surface area contributed by atoms with E-state index in [-0.39, 0.29) is 5.41 Å². The van der Waals surface area contributed by atoms with E-state index < -0.39 is 28.9 Å². The van der Waals surface area contributed by atoms with Gasteiger partial charge in [0.15, 0.2) is 23.1 Å². The molecule has 1 atom stereocenters. The van der Waals surface area contributed by atoms with Crippen molar-refractivity contribution in [3.63, 3.8) is 0 Å². The number of carbonyl (C=O) groups excluding carboxylic acids is 1. The molecule has 9 heteroatoms. The summed E-state index contributed by atoms with van der Waals surface area (Å²) in [5, 5.41) is 0.